The summed E-state index contributed by atoms with van der Waals surface area (Å²) in [5.74, 6) is 1.04. The number of fused-ring (bicyclic) bond motifs is 1. The first-order chi connectivity index (χ1) is 16.2. The summed E-state index contributed by atoms with van der Waals surface area (Å²) >= 11 is 0. The molecule has 3 aromatic rings. The summed E-state index contributed by atoms with van der Waals surface area (Å²) in [7, 11) is 3.22. The summed E-state index contributed by atoms with van der Waals surface area (Å²) in [6.07, 6.45) is 1.81. The van der Waals surface area contributed by atoms with Crippen LogP contribution in [-0.2, 0) is 11.3 Å². The quantitative estimate of drug-likeness (QED) is 0.503. The zero-order valence-electron chi connectivity index (χ0n) is 19.3. The molecule has 0 unspecified atom stereocenters. The summed E-state index contributed by atoms with van der Waals surface area (Å²) in [5, 5.41) is 4.02. The first kappa shape index (κ1) is 23.0. The number of ether oxygens (including phenoxy) is 3. The number of likely N-dealkylation sites (tertiary alicyclic amines) is 1. The van der Waals surface area contributed by atoms with E-state index in [9.17, 15) is 4.79 Å². The van der Waals surface area contributed by atoms with E-state index in [4.69, 9.17) is 19.2 Å². The lowest BCUT2D eigenvalue weighted by molar-refractivity contribution is 0.0879. The van der Waals surface area contributed by atoms with Crippen molar-refractivity contribution in [1.82, 2.24) is 15.2 Å². The van der Waals surface area contributed by atoms with E-state index in [-0.39, 0.29) is 12.0 Å². The highest BCUT2D eigenvalue weighted by Crippen LogP contribution is 2.28. The SMILES string of the molecule is COCCNC(=O)c1ccc(OC)cc1OC1CCN(Cc2ccc3ccccc3n2)CC1. The molecule has 7 nitrogen and oxygen atoms in total. The van der Waals surface area contributed by atoms with Gasteiger partial charge in [-0.25, -0.2) is 0 Å². The molecule has 1 aliphatic heterocycles. The molecule has 7 heteroatoms. The number of amides is 1. The van der Waals surface area contributed by atoms with Crippen molar-refractivity contribution in [2.75, 3.05) is 40.5 Å². The minimum Gasteiger partial charge on any atom is -0.497 e. The molecule has 1 fully saturated rings. The van der Waals surface area contributed by atoms with Crippen LogP contribution in [0.4, 0.5) is 0 Å². The van der Waals surface area contributed by atoms with Crippen molar-refractivity contribution in [3.63, 3.8) is 0 Å². The standard InChI is InChI=1S/C26H31N3O4/c1-31-16-13-27-26(30)23-10-9-22(32-2)17-25(23)33-21-11-14-29(15-12-21)18-20-8-7-19-5-3-4-6-24(19)28-20/h3-10,17,21H,11-16,18H2,1-2H3,(H,27,30). The van der Waals surface area contributed by atoms with Crippen molar-refractivity contribution in [2.45, 2.75) is 25.5 Å². The van der Waals surface area contributed by atoms with Gasteiger partial charge in [-0.15, -0.1) is 0 Å². The summed E-state index contributed by atoms with van der Waals surface area (Å²) in [6.45, 7) is 3.56. The number of aromatic nitrogens is 1. The van der Waals surface area contributed by atoms with Crippen molar-refractivity contribution in [2.24, 2.45) is 0 Å². The Morgan fingerprint density at radius 1 is 1.09 bits per heavy atom. The zero-order valence-corrected chi connectivity index (χ0v) is 19.3. The summed E-state index contributed by atoms with van der Waals surface area (Å²) < 4.78 is 16.7. The lowest BCUT2D eigenvalue weighted by Gasteiger charge is -2.32. The predicted octanol–water partition coefficient (Wildman–Crippen LogP) is 3.66. The van der Waals surface area contributed by atoms with Gasteiger partial charge in [0.1, 0.15) is 17.6 Å². The van der Waals surface area contributed by atoms with Crippen LogP contribution in [0.2, 0.25) is 0 Å². The molecule has 1 N–H and O–H groups in total. The molecule has 0 spiro atoms. The van der Waals surface area contributed by atoms with E-state index < -0.39 is 0 Å². The van der Waals surface area contributed by atoms with E-state index in [1.807, 2.05) is 12.1 Å². The largest absolute Gasteiger partial charge is 0.497 e. The number of hydrogen-bond acceptors (Lipinski definition) is 6. The second kappa shape index (κ2) is 11.1. The van der Waals surface area contributed by atoms with E-state index in [2.05, 4.69) is 34.5 Å². The number of benzene rings is 2. The normalized spacial score (nSPS) is 14.8. The van der Waals surface area contributed by atoms with Gasteiger partial charge in [-0.2, -0.15) is 0 Å². The van der Waals surface area contributed by atoms with E-state index in [0.717, 1.165) is 49.1 Å². The number of nitrogens with one attached hydrogen (secondary N) is 1. The monoisotopic (exact) mass is 449 g/mol. The van der Waals surface area contributed by atoms with Crippen LogP contribution >= 0.6 is 0 Å². The molecular weight excluding hydrogens is 418 g/mol. The molecule has 1 aromatic heterocycles. The Morgan fingerprint density at radius 2 is 1.91 bits per heavy atom. The van der Waals surface area contributed by atoms with Gasteiger partial charge < -0.3 is 19.5 Å². The highest BCUT2D eigenvalue weighted by molar-refractivity contribution is 5.97. The van der Waals surface area contributed by atoms with Gasteiger partial charge in [0.25, 0.3) is 5.91 Å². The van der Waals surface area contributed by atoms with Gasteiger partial charge >= 0.3 is 0 Å². The Balaban J connectivity index is 1.36. The smallest absolute Gasteiger partial charge is 0.255 e. The number of rotatable bonds is 9. The van der Waals surface area contributed by atoms with Gasteiger partial charge in [0, 0.05) is 44.7 Å². The minimum atomic E-state index is -0.176. The van der Waals surface area contributed by atoms with Gasteiger partial charge in [0.05, 0.1) is 30.5 Å². The van der Waals surface area contributed by atoms with Gasteiger partial charge in [-0.05, 0) is 37.1 Å². The third-order valence-corrected chi connectivity index (χ3v) is 5.90. The summed E-state index contributed by atoms with van der Waals surface area (Å²) in [6, 6.07) is 17.7. The molecule has 0 aliphatic carbocycles. The summed E-state index contributed by atoms with van der Waals surface area (Å²) in [5.41, 5.74) is 2.62. The third-order valence-electron chi connectivity index (χ3n) is 5.90. The van der Waals surface area contributed by atoms with Crippen LogP contribution in [0.3, 0.4) is 0 Å². The van der Waals surface area contributed by atoms with Crippen molar-refractivity contribution in [1.29, 1.82) is 0 Å². The molecule has 2 aromatic carbocycles. The van der Waals surface area contributed by atoms with Crippen LogP contribution in [0.1, 0.15) is 28.9 Å². The molecule has 0 radical (unpaired) electrons. The van der Waals surface area contributed by atoms with Crippen molar-refractivity contribution < 1.29 is 19.0 Å². The Bertz CT molecular complexity index is 1080. The molecule has 1 aliphatic rings. The van der Waals surface area contributed by atoms with E-state index in [1.54, 1.807) is 32.4 Å². The number of piperidine rings is 1. The molecule has 1 saturated heterocycles. The number of carbonyl (C=O) groups is 1. The van der Waals surface area contributed by atoms with E-state index in [0.29, 0.717) is 30.2 Å². The third kappa shape index (κ3) is 6.00. The summed E-state index contributed by atoms with van der Waals surface area (Å²) in [4.78, 5) is 19.8. The Morgan fingerprint density at radius 3 is 2.70 bits per heavy atom. The number of carbonyl (C=O) groups excluding carboxylic acids is 1. The fourth-order valence-corrected chi connectivity index (χ4v) is 4.07. The molecule has 33 heavy (non-hydrogen) atoms. The fraction of sp³-hybridized carbons (Fsp3) is 0.385. The van der Waals surface area contributed by atoms with Gasteiger partial charge in [0.2, 0.25) is 0 Å². The number of para-hydroxylation sites is 1. The molecule has 4 rings (SSSR count). The second-order valence-electron chi connectivity index (χ2n) is 8.20. The maximum atomic E-state index is 12.6. The molecule has 174 valence electrons. The molecule has 2 heterocycles. The highest BCUT2D eigenvalue weighted by Gasteiger charge is 2.23. The average Bonchev–Trinajstić information content (AvgIpc) is 2.85. The second-order valence-corrected chi connectivity index (χ2v) is 8.20. The molecular formula is C26H31N3O4. The fourth-order valence-electron chi connectivity index (χ4n) is 4.07. The van der Waals surface area contributed by atoms with Gasteiger partial charge in [0.15, 0.2) is 0 Å². The first-order valence-corrected chi connectivity index (χ1v) is 11.3. The van der Waals surface area contributed by atoms with E-state index in [1.165, 1.54) is 0 Å². The number of hydrogen-bond donors (Lipinski definition) is 1. The van der Waals surface area contributed by atoms with Crippen molar-refractivity contribution >= 4 is 16.8 Å². The van der Waals surface area contributed by atoms with Gasteiger partial charge in [-0.3, -0.25) is 14.7 Å². The number of nitrogens with zero attached hydrogens (tertiary/aromatic N) is 2. The van der Waals surface area contributed by atoms with E-state index >= 15 is 0 Å². The lowest BCUT2D eigenvalue weighted by Crippen LogP contribution is -2.38. The average molecular weight is 450 g/mol. The van der Waals surface area contributed by atoms with Gasteiger partial charge in [-0.1, -0.05) is 24.3 Å². The minimum absolute atomic E-state index is 0.0449. The lowest BCUT2D eigenvalue weighted by atomic mass is 10.1. The van der Waals surface area contributed by atoms with Crippen LogP contribution in [-0.4, -0.2) is 62.4 Å². The number of methoxy groups -OCH3 is 2. The maximum absolute atomic E-state index is 12.6. The predicted molar refractivity (Wildman–Crippen MR) is 128 cm³/mol. The van der Waals surface area contributed by atoms with Crippen LogP contribution in [0.5, 0.6) is 11.5 Å². The van der Waals surface area contributed by atoms with Crippen molar-refractivity contribution in [3.8, 4) is 11.5 Å². The number of pyridine rings is 1. The Hall–Kier alpha value is -3.16. The highest BCUT2D eigenvalue weighted by atomic mass is 16.5. The molecule has 0 atom stereocenters. The van der Waals surface area contributed by atoms with Crippen molar-refractivity contribution in [3.05, 3.63) is 65.9 Å². The van der Waals surface area contributed by atoms with Crippen LogP contribution in [0.25, 0.3) is 10.9 Å². The molecule has 0 saturated carbocycles. The topological polar surface area (TPSA) is 72.9 Å². The first-order valence-electron chi connectivity index (χ1n) is 11.3. The van der Waals surface area contributed by atoms with Crippen LogP contribution in [0, 0.1) is 0 Å². The molecule has 0 bridgehead atoms. The van der Waals surface area contributed by atoms with Crippen LogP contribution in [0.15, 0.2) is 54.6 Å². The van der Waals surface area contributed by atoms with Crippen LogP contribution < -0.4 is 14.8 Å². The Labute approximate surface area is 194 Å². The zero-order chi connectivity index (χ0) is 23.0. The molecule has 1 amide bonds. The maximum Gasteiger partial charge on any atom is 0.255 e. The Kier molecular flexibility index (Phi) is 7.75.